The summed E-state index contributed by atoms with van der Waals surface area (Å²) >= 11 is 3.47. The van der Waals surface area contributed by atoms with Gasteiger partial charge in [0, 0.05) is 18.0 Å². The monoisotopic (exact) mass is 375 g/mol. The van der Waals surface area contributed by atoms with E-state index in [0.29, 0.717) is 24.7 Å². The van der Waals surface area contributed by atoms with Crippen LogP contribution in [0.5, 0.6) is 11.5 Å². The first-order valence-corrected chi connectivity index (χ1v) is 9.09. The molecular formula is C14H18BrNO4S. The van der Waals surface area contributed by atoms with Crippen molar-refractivity contribution in [3.8, 4) is 11.5 Å². The molecule has 1 aliphatic heterocycles. The van der Waals surface area contributed by atoms with Crippen LogP contribution in [0.25, 0.3) is 0 Å². The lowest BCUT2D eigenvalue weighted by Gasteiger charge is -2.15. The fourth-order valence-corrected chi connectivity index (χ4v) is 3.99. The van der Waals surface area contributed by atoms with E-state index in [9.17, 15) is 8.42 Å². The number of halogens is 1. The molecule has 0 amide bonds. The van der Waals surface area contributed by atoms with Crippen LogP contribution in [0, 0.1) is 0 Å². The summed E-state index contributed by atoms with van der Waals surface area (Å²) in [6, 6.07) is 3.68. The number of methoxy groups -OCH3 is 1. The van der Waals surface area contributed by atoms with Crippen molar-refractivity contribution >= 4 is 25.8 Å². The fraction of sp³-hybridized carbons (Fsp3) is 0.429. The van der Waals surface area contributed by atoms with Crippen LogP contribution < -0.4 is 14.8 Å². The molecule has 7 heteroatoms. The zero-order valence-electron chi connectivity index (χ0n) is 11.9. The number of benzene rings is 1. The Balaban J connectivity index is 2.07. The predicted octanol–water partition coefficient (Wildman–Crippen LogP) is 2.26. The average Bonchev–Trinajstić information content (AvgIpc) is 2.78. The van der Waals surface area contributed by atoms with Gasteiger partial charge in [-0.3, -0.25) is 0 Å². The van der Waals surface area contributed by atoms with E-state index in [0.717, 1.165) is 10.0 Å². The lowest BCUT2D eigenvalue weighted by atomic mass is 10.2. The molecule has 1 N–H and O–H groups in total. The van der Waals surface area contributed by atoms with Crippen LogP contribution in [0.15, 0.2) is 28.1 Å². The SMILES string of the molecule is CCOc1c(Br)cc(CNC2C=CS(=O)(=O)C2)cc1OC. The van der Waals surface area contributed by atoms with E-state index >= 15 is 0 Å². The average molecular weight is 376 g/mol. The highest BCUT2D eigenvalue weighted by Crippen LogP contribution is 2.36. The van der Waals surface area contributed by atoms with Crippen molar-refractivity contribution in [3.05, 3.63) is 33.7 Å². The minimum Gasteiger partial charge on any atom is -0.493 e. The van der Waals surface area contributed by atoms with Gasteiger partial charge in [-0.15, -0.1) is 0 Å². The zero-order chi connectivity index (χ0) is 15.5. The summed E-state index contributed by atoms with van der Waals surface area (Å²) in [5.41, 5.74) is 0.986. The molecule has 116 valence electrons. The molecule has 1 aromatic rings. The maximum Gasteiger partial charge on any atom is 0.175 e. The van der Waals surface area contributed by atoms with E-state index in [1.165, 1.54) is 5.41 Å². The van der Waals surface area contributed by atoms with Crippen molar-refractivity contribution in [2.24, 2.45) is 0 Å². The number of nitrogens with one attached hydrogen (secondary N) is 1. The summed E-state index contributed by atoms with van der Waals surface area (Å²) in [5, 5.41) is 4.46. The van der Waals surface area contributed by atoms with Crippen LogP contribution in [-0.4, -0.2) is 33.9 Å². The second-order valence-corrected chi connectivity index (χ2v) is 7.47. The highest BCUT2D eigenvalue weighted by atomic mass is 79.9. The van der Waals surface area contributed by atoms with Gasteiger partial charge in [0.1, 0.15) is 0 Å². The molecule has 0 saturated carbocycles. The molecule has 0 fully saturated rings. The topological polar surface area (TPSA) is 64.6 Å². The van der Waals surface area contributed by atoms with Crippen LogP contribution in [0.3, 0.4) is 0 Å². The summed E-state index contributed by atoms with van der Waals surface area (Å²) in [6.07, 6.45) is 1.68. The molecule has 0 bridgehead atoms. The van der Waals surface area contributed by atoms with Crippen molar-refractivity contribution in [3.63, 3.8) is 0 Å². The molecule has 2 rings (SSSR count). The minimum atomic E-state index is -3.03. The van der Waals surface area contributed by atoms with Gasteiger partial charge in [-0.1, -0.05) is 6.08 Å². The van der Waals surface area contributed by atoms with Crippen molar-refractivity contribution < 1.29 is 17.9 Å². The first-order valence-electron chi connectivity index (χ1n) is 6.58. The first-order chi connectivity index (χ1) is 9.95. The fourth-order valence-electron chi connectivity index (χ4n) is 2.11. The number of hydrogen-bond acceptors (Lipinski definition) is 5. The Bertz CT molecular complexity index is 643. The second-order valence-electron chi connectivity index (χ2n) is 4.69. The van der Waals surface area contributed by atoms with Crippen molar-refractivity contribution in [2.75, 3.05) is 19.5 Å². The maximum absolute atomic E-state index is 11.4. The Morgan fingerprint density at radius 3 is 2.76 bits per heavy atom. The molecule has 5 nitrogen and oxygen atoms in total. The van der Waals surface area contributed by atoms with Gasteiger partial charge in [-0.25, -0.2) is 8.42 Å². The Morgan fingerprint density at radius 1 is 1.43 bits per heavy atom. The highest BCUT2D eigenvalue weighted by molar-refractivity contribution is 9.10. The lowest BCUT2D eigenvalue weighted by Crippen LogP contribution is -2.29. The quantitative estimate of drug-likeness (QED) is 0.825. The van der Waals surface area contributed by atoms with Gasteiger partial charge in [0.2, 0.25) is 0 Å². The molecular weight excluding hydrogens is 358 g/mol. The van der Waals surface area contributed by atoms with Crippen LogP contribution in [0.2, 0.25) is 0 Å². The van der Waals surface area contributed by atoms with E-state index in [-0.39, 0.29) is 11.8 Å². The van der Waals surface area contributed by atoms with Crippen LogP contribution in [-0.2, 0) is 16.4 Å². The van der Waals surface area contributed by atoms with E-state index in [4.69, 9.17) is 9.47 Å². The Kier molecular flexibility index (Phi) is 5.29. The van der Waals surface area contributed by atoms with E-state index in [1.807, 2.05) is 19.1 Å². The molecule has 0 aliphatic carbocycles. The molecule has 1 heterocycles. The van der Waals surface area contributed by atoms with Crippen LogP contribution in [0.4, 0.5) is 0 Å². The molecule has 1 atom stereocenters. The van der Waals surface area contributed by atoms with Crippen molar-refractivity contribution in [1.82, 2.24) is 5.32 Å². The number of ether oxygens (including phenoxy) is 2. The van der Waals surface area contributed by atoms with Gasteiger partial charge < -0.3 is 14.8 Å². The molecule has 21 heavy (non-hydrogen) atoms. The summed E-state index contributed by atoms with van der Waals surface area (Å²) < 4.78 is 34.4. The largest absolute Gasteiger partial charge is 0.493 e. The Hall–Kier alpha value is -1.05. The third kappa shape index (κ3) is 4.21. The van der Waals surface area contributed by atoms with Gasteiger partial charge in [-0.05, 0) is 40.5 Å². The predicted molar refractivity (Wildman–Crippen MR) is 85.4 cm³/mol. The van der Waals surface area contributed by atoms with E-state index < -0.39 is 9.84 Å². The lowest BCUT2D eigenvalue weighted by molar-refractivity contribution is 0.308. The Labute approximate surface area is 133 Å². The van der Waals surface area contributed by atoms with Gasteiger partial charge in [0.05, 0.1) is 23.9 Å². The minimum absolute atomic E-state index is 0.113. The highest BCUT2D eigenvalue weighted by Gasteiger charge is 2.21. The number of rotatable bonds is 6. The number of hydrogen-bond donors (Lipinski definition) is 1. The van der Waals surface area contributed by atoms with Crippen LogP contribution in [0.1, 0.15) is 12.5 Å². The molecule has 1 aromatic carbocycles. The third-order valence-electron chi connectivity index (χ3n) is 3.08. The molecule has 1 unspecified atom stereocenters. The standard InChI is InChI=1S/C14H18BrNO4S/c1-3-20-14-12(15)6-10(7-13(14)19-2)8-16-11-4-5-21(17,18)9-11/h4-7,11,16H,3,8-9H2,1-2H3. The summed E-state index contributed by atoms with van der Waals surface area (Å²) in [4.78, 5) is 0. The molecule has 0 spiro atoms. The molecule has 0 radical (unpaired) electrons. The van der Waals surface area contributed by atoms with Gasteiger partial charge >= 0.3 is 0 Å². The normalized spacial score (nSPS) is 19.7. The number of sulfone groups is 1. The van der Waals surface area contributed by atoms with Crippen LogP contribution >= 0.6 is 15.9 Å². The summed E-state index contributed by atoms with van der Waals surface area (Å²) in [7, 11) is -1.44. The Morgan fingerprint density at radius 2 is 2.19 bits per heavy atom. The molecule has 0 saturated heterocycles. The zero-order valence-corrected chi connectivity index (χ0v) is 14.3. The third-order valence-corrected chi connectivity index (χ3v) is 5.06. The second kappa shape index (κ2) is 6.81. The van der Waals surface area contributed by atoms with Crippen molar-refractivity contribution in [1.29, 1.82) is 0 Å². The van der Waals surface area contributed by atoms with Crippen molar-refractivity contribution in [2.45, 2.75) is 19.5 Å². The van der Waals surface area contributed by atoms with Gasteiger partial charge in [0.15, 0.2) is 21.3 Å². The molecule has 1 aliphatic rings. The first kappa shape index (κ1) is 16.3. The maximum atomic E-state index is 11.4. The smallest absolute Gasteiger partial charge is 0.175 e. The van der Waals surface area contributed by atoms with Gasteiger partial charge in [-0.2, -0.15) is 0 Å². The summed E-state index contributed by atoms with van der Waals surface area (Å²) in [6.45, 7) is 3.01. The van der Waals surface area contributed by atoms with E-state index in [2.05, 4.69) is 21.2 Å². The van der Waals surface area contributed by atoms with Gasteiger partial charge in [0.25, 0.3) is 0 Å². The molecule has 0 aromatic heterocycles. The summed E-state index contributed by atoms with van der Waals surface area (Å²) in [5.74, 6) is 1.44. The van der Waals surface area contributed by atoms with E-state index in [1.54, 1.807) is 13.2 Å².